The molecule has 0 aliphatic carbocycles. The fourth-order valence-electron chi connectivity index (χ4n) is 0.868. The second kappa shape index (κ2) is 6.03. The Morgan fingerprint density at radius 1 is 1.50 bits per heavy atom. The first-order chi connectivity index (χ1) is 5.65. The van der Waals surface area contributed by atoms with Gasteiger partial charge in [0, 0.05) is 7.11 Å². The number of ether oxygens (including phenoxy) is 2. The maximum atomic E-state index is 9.44. The van der Waals surface area contributed by atoms with Crippen LogP contribution in [0.2, 0.25) is 0 Å². The van der Waals surface area contributed by atoms with Gasteiger partial charge >= 0.3 is 0 Å². The molecule has 0 aromatic heterocycles. The van der Waals surface area contributed by atoms with Crippen molar-refractivity contribution in [2.24, 2.45) is 0 Å². The van der Waals surface area contributed by atoms with Crippen LogP contribution in [0.3, 0.4) is 0 Å². The van der Waals surface area contributed by atoms with E-state index in [1.165, 1.54) is 0 Å². The molecular weight excluding hydrogens is 156 g/mol. The number of hydrogen-bond acceptors (Lipinski definition) is 3. The van der Waals surface area contributed by atoms with E-state index in [1.54, 1.807) is 20.3 Å². The molecule has 0 amide bonds. The minimum atomic E-state index is -0.458. The van der Waals surface area contributed by atoms with Crippen molar-refractivity contribution in [2.75, 3.05) is 14.2 Å². The molecule has 0 fully saturated rings. The van der Waals surface area contributed by atoms with E-state index < -0.39 is 6.10 Å². The topological polar surface area (TPSA) is 38.7 Å². The van der Waals surface area contributed by atoms with Crippen molar-refractivity contribution in [3.05, 3.63) is 11.8 Å². The third kappa shape index (κ3) is 3.74. The van der Waals surface area contributed by atoms with Crippen molar-refractivity contribution in [3.8, 4) is 0 Å². The maximum absolute atomic E-state index is 9.44. The fourth-order valence-corrected chi connectivity index (χ4v) is 0.868. The highest BCUT2D eigenvalue weighted by atomic mass is 16.5. The monoisotopic (exact) mass is 174 g/mol. The lowest BCUT2D eigenvalue weighted by Gasteiger charge is -2.17. The second-order valence-electron chi connectivity index (χ2n) is 2.66. The van der Waals surface area contributed by atoms with Crippen LogP contribution in [0.4, 0.5) is 0 Å². The maximum Gasteiger partial charge on any atom is 0.105 e. The Labute approximate surface area is 74.0 Å². The normalized spacial score (nSPS) is 17.2. The third-order valence-corrected chi connectivity index (χ3v) is 1.79. The van der Waals surface area contributed by atoms with Crippen molar-refractivity contribution < 1.29 is 14.6 Å². The summed E-state index contributed by atoms with van der Waals surface area (Å²) >= 11 is 0. The van der Waals surface area contributed by atoms with Crippen LogP contribution in [0.1, 0.15) is 20.3 Å². The van der Waals surface area contributed by atoms with Crippen LogP contribution in [0.5, 0.6) is 0 Å². The van der Waals surface area contributed by atoms with Crippen molar-refractivity contribution >= 4 is 0 Å². The predicted octanol–water partition coefficient (Wildman–Crippen LogP) is 1.32. The Hall–Kier alpha value is -0.540. The standard InChI is InChI=1S/C9H18O3/c1-5-8(10)9(12-4)6-7(2)11-3/h6,8-10H,5H2,1-4H3/b7-6-/t8-,9-/m1/s1. The molecule has 3 heteroatoms. The summed E-state index contributed by atoms with van der Waals surface area (Å²) in [5, 5.41) is 9.44. The molecule has 0 aliphatic rings. The highest BCUT2D eigenvalue weighted by Gasteiger charge is 2.14. The van der Waals surface area contributed by atoms with Crippen LogP contribution < -0.4 is 0 Å². The van der Waals surface area contributed by atoms with Gasteiger partial charge in [-0.1, -0.05) is 6.92 Å². The van der Waals surface area contributed by atoms with Gasteiger partial charge in [-0.3, -0.25) is 0 Å². The number of aliphatic hydroxyl groups excluding tert-OH is 1. The molecule has 2 atom stereocenters. The first-order valence-electron chi connectivity index (χ1n) is 4.09. The Morgan fingerprint density at radius 3 is 2.42 bits per heavy atom. The van der Waals surface area contributed by atoms with E-state index in [9.17, 15) is 5.11 Å². The molecule has 0 rings (SSSR count). The Kier molecular flexibility index (Phi) is 5.76. The summed E-state index contributed by atoms with van der Waals surface area (Å²) in [6.07, 6.45) is 1.72. The van der Waals surface area contributed by atoms with E-state index in [-0.39, 0.29) is 6.10 Å². The van der Waals surface area contributed by atoms with E-state index in [0.717, 1.165) is 5.76 Å². The van der Waals surface area contributed by atoms with Crippen LogP contribution in [0.15, 0.2) is 11.8 Å². The smallest absolute Gasteiger partial charge is 0.105 e. The molecule has 0 saturated carbocycles. The average Bonchev–Trinajstić information content (AvgIpc) is 2.12. The van der Waals surface area contributed by atoms with Gasteiger partial charge < -0.3 is 14.6 Å². The Morgan fingerprint density at radius 2 is 2.08 bits per heavy atom. The quantitative estimate of drug-likeness (QED) is 0.639. The van der Waals surface area contributed by atoms with E-state index in [0.29, 0.717) is 6.42 Å². The summed E-state index contributed by atoms with van der Waals surface area (Å²) in [5.41, 5.74) is 0. The molecule has 0 radical (unpaired) electrons. The molecule has 0 bridgehead atoms. The van der Waals surface area contributed by atoms with Crippen molar-refractivity contribution in [1.29, 1.82) is 0 Å². The summed E-state index contributed by atoms with van der Waals surface area (Å²) < 4.78 is 10.0. The molecular formula is C9H18O3. The highest BCUT2D eigenvalue weighted by molar-refractivity contribution is 4.97. The number of methoxy groups -OCH3 is 2. The van der Waals surface area contributed by atoms with Gasteiger partial charge in [-0.05, 0) is 19.4 Å². The van der Waals surface area contributed by atoms with Gasteiger partial charge in [0.25, 0.3) is 0 Å². The minimum absolute atomic E-state index is 0.269. The molecule has 72 valence electrons. The first-order valence-corrected chi connectivity index (χ1v) is 4.09. The zero-order chi connectivity index (χ0) is 9.56. The Bertz CT molecular complexity index is 143. The van der Waals surface area contributed by atoms with Gasteiger partial charge in [0.1, 0.15) is 6.10 Å². The molecule has 0 aromatic carbocycles. The SMILES string of the molecule is CC[C@@H](O)[C@@H](/C=C(/C)OC)OC. The lowest BCUT2D eigenvalue weighted by atomic mass is 10.1. The molecule has 3 nitrogen and oxygen atoms in total. The molecule has 0 unspecified atom stereocenters. The van der Waals surface area contributed by atoms with Gasteiger partial charge in [-0.25, -0.2) is 0 Å². The highest BCUT2D eigenvalue weighted by Crippen LogP contribution is 2.07. The summed E-state index contributed by atoms with van der Waals surface area (Å²) in [7, 11) is 3.17. The van der Waals surface area contributed by atoms with E-state index >= 15 is 0 Å². The van der Waals surface area contributed by atoms with Crippen LogP contribution in [-0.4, -0.2) is 31.5 Å². The van der Waals surface area contributed by atoms with Crippen LogP contribution in [0.25, 0.3) is 0 Å². The minimum Gasteiger partial charge on any atom is -0.502 e. The van der Waals surface area contributed by atoms with Crippen LogP contribution in [0, 0.1) is 0 Å². The molecule has 0 aromatic rings. The van der Waals surface area contributed by atoms with Gasteiger partial charge in [0.15, 0.2) is 0 Å². The largest absolute Gasteiger partial charge is 0.502 e. The number of rotatable bonds is 5. The van der Waals surface area contributed by atoms with Gasteiger partial charge in [0.05, 0.1) is 19.0 Å². The summed E-state index contributed by atoms with van der Waals surface area (Å²) in [5.74, 6) is 0.759. The third-order valence-electron chi connectivity index (χ3n) is 1.79. The van der Waals surface area contributed by atoms with Crippen LogP contribution in [-0.2, 0) is 9.47 Å². The molecule has 0 saturated heterocycles. The number of hydrogen-bond donors (Lipinski definition) is 1. The lowest BCUT2D eigenvalue weighted by molar-refractivity contribution is 0.0133. The van der Waals surface area contributed by atoms with Gasteiger partial charge in [0.2, 0.25) is 0 Å². The zero-order valence-corrected chi connectivity index (χ0v) is 8.20. The van der Waals surface area contributed by atoms with Crippen molar-refractivity contribution in [3.63, 3.8) is 0 Å². The Balaban J connectivity index is 4.15. The molecule has 0 spiro atoms. The summed E-state index contributed by atoms with van der Waals surface area (Å²) in [4.78, 5) is 0. The van der Waals surface area contributed by atoms with Crippen molar-refractivity contribution in [2.45, 2.75) is 32.5 Å². The number of aliphatic hydroxyl groups is 1. The van der Waals surface area contributed by atoms with E-state index in [2.05, 4.69) is 0 Å². The number of allylic oxidation sites excluding steroid dienone is 1. The average molecular weight is 174 g/mol. The van der Waals surface area contributed by atoms with E-state index in [4.69, 9.17) is 9.47 Å². The first kappa shape index (κ1) is 11.5. The summed E-state index contributed by atoms with van der Waals surface area (Å²) in [6, 6.07) is 0. The van der Waals surface area contributed by atoms with Crippen molar-refractivity contribution in [1.82, 2.24) is 0 Å². The molecule has 0 heterocycles. The molecule has 0 aliphatic heterocycles. The van der Waals surface area contributed by atoms with Gasteiger partial charge in [-0.2, -0.15) is 0 Å². The van der Waals surface area contributed by atoms with E-state index in [1.807, 2.05) is 13.8 Å². The fraction of sp³-hybridized carbons (Fsp3) is 0.778. The summed E-state index contributed by atoms with van der Waals surface area (Å²) in [6.45, 7) is 3.74. The van der Waals surface area contributed by atoms with Gasteiger partial charge in [-0.15, -0.1) is 0 Å². The molecule has 12 heavy (non-hydrogen) atoms. The lowest BCUT2D eigenvalue weighted by Crippen LogP contribution is -2.25. The predicted molar refractivity (Wildman–Crippen MR) is 47.9 cm³/mol. The molecule has 1 N–H and O–H groups in total. The second-order valence-corrected chi connectivity index (χ2v) is 2.66. The zero-order valence-electron chi connectivity index (χ0n) is 8.20. The van der Waals surface area contributed by atoms with Crippen LogP contribution >= 0.6 is 0 Å².